The number of hydrogen-bond acceptors (Lipinski definition) is 7. The minimum absolute atomic E-state index is 0.0829. The Morgan fingerprint density at radius 3 is 2.15 bits per heavy atom. The van der Waals surface area contributed by atoms with Gasteiger partial charge in [-0.15, -0.1) is 0 Å². The number of methoxy groups -OCH3 is 3. The lowest BCUT2D eigenvalue weighted by Crippen LogP contribution is -2.32. The minimum Gasteiger partial charge on any atom is -0.493 e. The topological polar surface area (TPSA) is 84.2 Å². The van der Waals surface area contributed by atoms with Crippen LogP contribution >= 0.6 is 0 Å². The van der Waals surface area contributed by atoms with Crippen LogP contribution in [-0.4, -0.2) is 51.6 Å². The normalized spacial score (nSPS) is 12.8. The van der Waals surface area contributed by atoms with E-state index in [4.69, 9.17) is 14.2 Å². The number of likely N-dealkylation sites (N-methyl/N-ethyl adjacent to an activating group) is 1. The van der Waals surface area contributed by atoms with E-state index >= 15 is 0 Å². The first-order valence-corrected chi connectivity index (χ1v) is 11.2. The Morgan fingerprint density at radius 1 is 0.939 bits per heavy atom. The van der Waals surface area contributed by atoms with Crippen molar-refractivity contribution < 1.29 is 24.4 Å². The second kappa shape index (κ2) is 12.3. The lowest BCUT2D eigenvalue weighted by molar-refractivity contribution is -0.139. The predicted molar refractivity (Wildman–Crippen MR) is 128 cm³/mol. The van der Waals surface area contributed by atoms with Crippen LogP contribution in [0.15, 0.2) is 36.4 Å². The Morgan fingerprint density at radius 2 is 1.58 bits per heavy atom. The van der Waals surface area contributed by atoms with Gasteiger partial charge in [0.05, 0.1) is 32.8 Å². The number of nitriles is 1. The van der Waals surface area contributed by atoms with E-state index in [1.807, 2.05) is 32.0 Å². The quantitative estimate of drug-likeness (QED) is 0.338. The molecule has 7 heteroatoms. The molecule has 0 aliphatic carbocycles. The van der Waals surface area contributed by atoms with Crippen LogP contribution in [0, 0.1) is 17.2 Å². The Kier molecular flexibility index (Phi) is 9.83. The van der Waals surface area contributed by atoms with Crippen molar-refractivity contribution >= 4 is 0 Å². The monoisotopic (exact) mass is 456 g/mol. The molecular formula is C26H36N2O5. The first kappa shape index (κ1) is 26.3. The van der Waals surface area contributed by atoms with Crippen LogP contribution < -0.4 is 19.1 Å². The van der Waals surface area contributed by atoms with Crippen LogP contribution in [-0.2, 0) is 11.8 Å². The molecule has 1 N–H and O–H groups in total. The maximum absolute atomic E-state index is 10.2. The third-order valence-corrected chi connectivity index (χ3v) is 6.30. The van der Waals surface area contributed by atoms with Gasteiger partial charge in [0.15, 0.2) is 17.2 Å². The van der Waals surface area contributed by atoms with Gasteiger partial charge in [-0.2, -0.15) is 5.26 Å². The molecule has 33 heavy (non-hydrogen) atoms. The summed E-state index contributed by atoms with van der Waals surface area (Å²) in [7, 11) is 6.88. The molecule has 1 unspecified atom stereocenters. The van der Waals surface area contributed by atoms with Crippen LogP contribution in [0.3, 0.4) is 0 Å². The second-order valence-electron chi connectivity index (χ2n) is 8.54. The lowest BCUT2D eigenvalue weighted by Gasteiger charge is -2.32. The van der Waals surface area contributed by atoms with E-state index in [9.17, 15) is 10.5 Å². The van der Waals surface area contributed by atoms with Gasteiger partial charge in [-0.1, -0.05) is 26.0 Å². The lowest BCUT2D eigenvalue weighted by atomic mass is 9.69. The fourth-order valence-corrected chi connectivity index (χ4v) is 4.14. The van der Waals surface area contributed by atoms with E-state index in [1.54, 1.807) is 26.4 Å². The SMILES string of the molecule is COc1ccc(CCN(C)CCCC(C#N)(c2ccc(OC)c(OO)c2)C(C)C)cc1OC. The molecule has 180 valence electrons. The summed E-state index contributed by atoms with van der Waals surface area (Å²) in [5.41, 5.74) is 1.31. The fraction of sp³-hybridized carbons (Fsp3) is 0.500. The summed E-state index contributed by atoms with van der Waals surface area (Å²) >= 11 is 0. The first-order valence-electron chi connectivity index (χ1n) is 11.2. The molecule has 0 radical (unpaired) electrons. The van der Waals surface area contributed by atoms with Gasteiger partial charge >= 0.3 is 0 Å². The molecule has 0 saturated heterocycles. The third-order valence-electron chi connectivity index (χ3n) is 6.30. The third kappa shape index (κ3) is 6.31. The van der Waals surface area contributed by atoms with Crippen molar-refractivity contribution in [3.8, 4) is 29.1 Å². The van der Waals surface area contributed by atoms with Crippen LogP contribution in [0.1, 0.15) is 37.8 Å². The molecule has 0 aliphatic heterocycles. The van der Waals surface area contributed by atoms with Crippen molar-refractivity contribution in [1.82, 2.24) is 4.90 Å². The van der Waals surface area contributed by atoms with Crippen LogP contribution in [0.5, 0.6) is 23.0 Å². The predicted octanol–water partition coefficient (Wildman–Crippen LogP) is 4.94. The fourth-order valence-electron chi connectivity index (χ4n) is 4.14. The molecule has 1 atom stereocenters. The van der Waals surface area contributed by atoms with Crippen molar-refractivity contribution in [2.75, 3.05) is 41.5 Å². The van der Waals surface area contributed by atoms with Gasteiger partial charge in [-0.05, 0) is 74.2 Å². The van der Waals surface area contributed by atoms with Crippen molar-refractivity contribution in [2.45, 2.75) is 38.5 Å². The van der Waals surface area contributed by atoms with Gasteiger partial charge < -0.3 is 24.0 Å². The zero-order valence-electron chi connectivity index (χ0n) is 20.6. The maximum atomic E-state index is 10.2. The van der Waals surface area contributed by atoms with E-state index in [0.717, 1.165) is 43.0 Å². The Labute approximate surface area is 197 Å². The highest BCUT2D eigenvalue weighted by Gasteiger charge is 2.36. The van der Waals surface area contributed by atoms with Gasteiger partial charge in [0, 0.05) is 6.54 Å². The van der Waals surface area contributed by atoms with Crippen LogP contribution in [0.2, 0.25) is 0 Å². The average molecular weight is 457 g/mol. The number of benzene rings is 2. The van der Waals surface area contributed by atoms with Gasteiger partial charge in [-0.3, -0.25) is 0 Å². The largest absolute Gasteiger partial charge is 0.493 e. The minimum atomic E-state index is -0.691. The molecule has 0 amide bonds. The molecule has 0 aliphatic rings. The van der Waals surface area contributed by atoms with E-state index in [1.165, 1.54) is 12.7 Å². The highest BCUT2D eigenvalue weighted by molar-refractivity contribution is 5.47. The first-order chi connectivity index (χ1) is 15.8. The van der Waals surface area contributed by atoms with Gasteiger partial charge in [0.25, 0.3) is 0 Å². The van der Waals surface area contributed by atoms with Gasteiger partial charge in [0.2, 0.25) is 5.75 Å². The van der Waals surface area contributed by atoms with Crippen molar-refractivity contribution in [2.24, 2.45) is 5.92 Å². The van der Waals surface area contributed by atoms with Crippen LogP contribution in [0.25, 0.3) is 0 Å². The van der Waals surface area contributed by atoms with Crippen LogP contribution in [0.4, 0.5) is 0 Å². The van der Waals surface area contributed by atoms with Gasteiger partial charge in [-0.25, -0.2) is 5.26 Å². The summed E-state index contributed by atoms with van der Waals surface area (Å²) in [5.74, 6) is 2.18. The zero-order chi connectivity index (χ0) is 24.4. The van der Waals surface area contributed by atoms with E-state index in [0.29, 0.717) is 12.2 Å². The highest BCUT2D eigenvalue weighted by atomic mass is 17.1. The molecule has 2 aromatic carbocycles. The van der Waals surface area contributed by atoms with E-state index in [2.05, 4.69) is 29.0 Å². The average Bonchev–Trinajstić information content (AvgIpc) is 2.84. The number of ether oxygens (including phenoxy) is 3. The Balaban J connectivity index is 2.02. The summed E-state index contributed by atoms with van der Waals surface area (Å²) in [5, 5.41) is 19.4. The molecule has 0 heterocycles. The zero-order valence-corrected chi connectivity index (χ0v) is 20.6. The molecule has 0 saturated carbocycles. The highest BCUT2D eigenvalue weighted by Crippen LogP contribution is 2.40. The summed E-state index contributed by atoms with van der Waals surface area (Å²) in [6.07, 6.45) is 2.44. The molecule has 7 nitrogen and oxygen atoms in total. The Bertz CT molecular complexity index is 941. The molecule has 0 bridgehead atoms. The molecule has 0 spiro atoms. The summed E-state index contributed by atoms with van der Waals surface area (Å²) in [4.78, 5) is 6.76. The Hall–Kier alpha value is -2.95. The second-order valence-corrected chi connectivity index (χ2v) is 8.54. The molecular weight excluding hydrogens is 420 g/mol. The molecule has 0 aromatic heterocycles. The maximum Gasteiger partial charge on any atom is 0.207 e. The number of hydrogen-bond donors (Lipinski definition) is 1. The standard InChI is InChI=1S/C26H36N2O5/c1-19(2)26(18-27,21-9-11-23(31-5)25(17-21)33-29)13-7-14-28(3)15-12-20-8-10-22(30-4)24(16-20)32-6/h8-11,16-17,19,29H,7,12-15H2,1-6H3. The molecule has 2 rings (SSSR count). The number of rotatable bonds is 13. The summed E-state index contributed by atoms with van der Waals surface area (Å²) in [6.45, 7) is 5.85. The molecule has 0 fully saturated rings. The number of nitrogens with zero attached hydrogens (tertiary/aromatic N) is 2. The van der Waals surface area contributed by atoms with Gasteiger partial charge in [0.1, 0.15) is 0 Å². The smallest absolute Gasteiger partial charge is 0.207 e. The summed E-state index contributed by atoms with van der Waals surface area (Å²) in [6, 6.07) is 13.9. The van der Waals surface area contributed by atoms with E-state index < -0.39 is 5.41 Å². The van der Waals surface area contributed by atoms with Crippen molar-refractivity contribution in [1.29, 1.82) is 5.26 Å². The van der Waals surface area contributed by atoms with Crippen molar-refractivity contribution in [3.63, 3.8) is 0 Å². The summed E-state index contributed by atoms with van der Waals surface area (Å²) < 4.78 is 15.9. The molecule has 2 aromatic rings. The van der Waals surface area contributed by atoms with Crippen molar-refractivity contribution in [3.05, 3.63) is 47.5 Å². The van der Waals surface area contributed by atoms with E-state index in [-0.39, 0.29) is 11.7 Å².